The minimum absolute atomic E-state index is 0.00347. The molecule has 0 aromatic carbocycles. The van der Waals surface area contributed by atoms with Crippen LogP contribution in [-0.2, 0) is 9.31 Å². The van der Waals surface area contributed by atoms with Crippen molar-refractivity contribution in [3.8, 4) is 0 Å². The molecule has 1 rings (SSSR count). The third-order valence-electron chi connectivity index (χ3n) is 1.12. The standard InChI is InChI=1S/C4H8BO3/c1-4(2-6)3-7-5-8-4/h6H,2-3H2,1H3. The van der Waals surface area contributed by atoms with E-state index in [0.29, 0.717) is 6.61 Å². The molecule has 45 valence electrons. The molecule has 0 aromatic heterocycles. The molecule has 1 N–H and O–H groups in total. The topological polar surface area (TPSA) is 38.7 Å². The predicted molar refractivity (Wildman–Crippen MR) is 28.3 cm³/mol. The van der Waals surface area contributed by atoms with Gasteiger partial charge in [0.05, 0.1) is 18.8 Å². The Hall–Kier alpha value is -0.0551. The summed E-state index contributed by atoms with van der Waals surface area (Å²) in [6, 6.07) is 0. The summed E-state index contributed by atoms with van der Waals surface area (Å²) in [5.41, 5.74) is -0.486. The molecule has 3 nitrogen and oxygen atoms in total. The summed E-state index contributed by atoms with van der Waals surface area (Å²) >= 11 is 0. The van der Waals surface area contributed by atoms with E-state index in [-0.39, 0.29) is 6.61 Å². The van der Waals surface area contributed by atoms with Gasteiger partial charge in [-0.05, 0) is 6.92 Å². The molecule has 1 atom stereocenters. The summed E-state index contributed by atoms with van der Waals surface area (Å²) in [6.45, 7) is 2.24. The Kier molecular flexibility index (Phi) is 1.55. The quantitative estimate of drug-likeness (QED) is 0.460. The van der Waals surface area contributed by atoms with Crippen LogP contribution in [0.3, 0.4) is 0 Å². The Morgan fingerprint density at radius 2 is 2.62 bits per heavy atom. The highest BCUT2D eigenvalue weighted by Crippen LogP contribution is 2.13. The molecule has 0 bridgehead atoms. The van der Waals surface area contributed by atoms with Gasteiger partial charge in [-0.15, -0.1) is 0 Å². The van der Waals surface area contributed by atoms with Gasteiger partial charge in [-0.3, -0.25) is 0 Å². The van der Waals surface area contributed by atoms with Crippen LogP contribution in [-0.4, -0.2) is 31.6 Å². The van der Waals surface area contributed by atoms with Crippen molar-refractivity contribution in [2.24, 2.45) is 0 Å². The van der Waals surface area contributed by atoms with Gasteiger partial charge in [0, 0.05) is 0 Å². The highest BCUT2D eigenvalue weighted by atomic mass is 16.6. The van der Waals surface area contributed by atoms with Gasteiger partial charge in [-0.25, -0.2) is 0 Å². The summed E-state index contributed by atoms with van der Waals surface area (Å²) in [6.07, 6.45) is 0. The maximum Gasteiger partial charge on any atom is 0.488 e. The molecule has 0 saturated carbocycles. The zero-order valence-corrected chi connectivity index (χ0v) is 4.76. The van der Waals surface area contributed by atoms with Crippen LogP contribution in [0.1, 0.15) is 6.92 Å². The molecule has 1 heterocycles. The second-order valence-electron chi connectivity index (χ2n) is 2.13. The lowest BCUT2D eigenvalue weighted by Crippen LogP contribution is -2.31. The third kappa shape index (κ3) is 1.02. The average Bonchev–Trinajstić information content (AvgIpc) is 2.17. The Labute approximate surface area is 48.9 Å². The van der Waals surface area contributed by atoms with Crippen LogP contribution < -0.4 is 0 Å². The van der Waals surface area contributed by atoms with E-state index in [9.17, 15) is 0 Å². The Morgan fingerprint density at radius 1 is 1.88 bits per heavy atom. The van der Waals surface area contributed by atoms with Crippen LogP contribution in [0.15, 0.2) is 0 Å². The highest BCUT2D eigenvalue weighted by molar-refractivity contribution is 6.19. The summed E-state index contributed by atoms with van der Waals surface area (Å²) < 4.78 is 9.64. The summed E-state index contributed by atoms with van der Waals surface area (Å²) in [4.78, 5) is 0. The minimum atomic E-state index is -0.486. The zero-order chi connectivity index (χ0) is 6.04. The van der Waals surface area contributed by atoms with E-state index >= 15 is 0 Å². The van der Waals surface area contributed by atoms with Crippen LogP contribution >= 0.6 is 0 Å². The van der Waals surface area contributed by atoms with Gasteiger partial charge in [0.25, 0.3) is 0 Å². The molecule has 0 spiro atoms. The van der Waals surface area contributed by atoms with Crippen LogP contribution in [0, 0.1) is 0 Å². The molecule has 8 heavy (non-hydrogen) atoms. The summed E-state index contributed by atoms with van der Waals surface area (Å²) in [5.74, 6) is 0. The molecule has 1 aliphatic heterocycles. The molecular weight excluding hydrogens is 107 g/mol. The van der Waals surface area contributed by atoms with Crippen molar-refractivity contribution in [3.05, 3.63) is 0 Å². The van der Waals surface area contributed by atoms with E-state index in [1.54, 1.807) is 6.92 Å². The van der Waals surface area contributed by atoms with E-state index in [4.69, 9.17) is 14.4 Å². The highest BCUT2D eigenvalue weighted by Gasteiger charge is 2.30. The van der Waals surface area contributed by atoms with Crippen LogP contribution in [0.2, 0.25) is 0 Å². The maximum absolute atomic E-state index is 8.60. The van der Waals surface area contributed by atoms with E-state index in [1.807, 2.05) is 0 Å². The SMILES string of the molecule is CC1(CO)CO[B]O1. The van der Waals surface area contributed by atoms with Gasteiger partial charge in [0.2, 0.25) is 0 Å². The van der Waals surface area contributed by atoms with E-state index in [1.165, 1.54) is 7.69 Å². The number of rotatable bonds is 1. The molecular formula is C4H8BO3. The first-order valence-electron chi connectivity index (χ1n) is 2.49. The lowest BCUT2D eigenvalue weighted by atomic mass is 10.1. The maximum atomic E-state index is 8.60. The van der Waals surface area contributed by atoms with Crippen molar-refractivity contribution in [1.29, 1.82) is 0 Å². The average molecular weight is 115 g/mol. The molecule has 4 heteroatoms. The van der Waals surface area contributed by atoms with E-state index in [2.05, 4.69) is 0 Å². The van der Waals surface area contributed by atoms with Crippen molar-refractivity contribution in [1.82, 2.24) is 0 Å². The van der Waals surface area contributed by atoms with Crippen molar-refractivity contribution >= 4 is 7.69 Å². The fraction of sp³-hybridized carbons (Fsp3) is 1.00. The number of hydrogen-bond donors (Lipinski definition) is 1. The molecule has 1 radical (unpaired) electrons. The lowest BCUT2D eigenvalue weighted by Gasteiger charge is -2.17. The van der Waals surface area contributed by atoms with Crippen molar-refractivity contribution in [2.45, 2.75) is 12.5 Å². The largest absolute Gasteiger partial charge is 0.488 e. The van der Waals surface area contributed by atoms with Gasteiger partial charge in [0.1, 0.15) is 0 Å². The molecule has 1 fully saturated rings. The predicted octanol–water partition coefficient (Wildman–Crippen LogP) is -0.682. The zero-order valence-electron chi connectivity index (χ0n) is 4.76. The minimum Gasteiger partial charge on any atom is -0.410 e. The molecule has 0 aromatic rings. The second-order valence-corrected chi connectivity index (χ2v) is 2.13. The van der Waals surface area contributed by atoms with Gasteiger partial charge in [-0.1, -0.05) is 0 Å². The normalized spacial score (nSPS) is 37.2. The van der Waals surface area contributed by atoms with Crippen molar-refractivity contribution in [2.75, 3.05) is 13.2 Å². The monoisotopic (exact) mass is 115 g/mol. The Morgan fingerprint density at radius 3 is 2.88 bits per heavy atom. The smallest absolute Gasteiger partial charge is 0.410 e. The van der Waals surface area contributed by atoms with Crippen LogP contribution in [0.4, 0.5) is 0 Å². The van der Waals surface area contributed by atoms with Crippen LogP contribution in [0.25, 0.3) is 0 Å². The molecule has 1 saturated heterocycles. The lowest BCUT2D eigenvalue weighted by molar-refractivity contribution is 0.0436. The molecule has 0 amide bonds. The first kappa shape index (κ1) is 6.07. The summed E-state index contributed by atoms with van der Waals surface area (Å²) in [7, 11) is 1.26. The summed E-state index contributed by atoms with van der Waals surface area (Å²) in [5, 5.41) is 8.60. The van der Waals surface area contributed by atoms with Crippen molar-refractivity contribution < 1.29 is 14.4 Å². The second kappa shape index (κ2) is 2.05. The van der Waals surface area contributed by atoms with E-state index in [0.717, 1.165) is 0 Å². The van der Waals surface area contributed by atoms with Crippen LogP contribution in [0.5, 0.6) is 0 Å². The first-order valence-corrected chi connectivity index (χ1v) is 2.49. The van der Waals surface area contributed by atoms with Gasteiger partial charge in [-0.2, -0.15) is 0 Å². The van der Waals surface area contributed by atoms with Gasteiger partial charge >= 0.3 is 7.69 Å². The fourth-order valence-electron chi connectivity index (χ4n) is 0.477. The third-order valence-corrected chi connectivity index (χ3v) is 1.12. The molecule has 1 unspecified atom stereocenters. The number of aliphatic hydroxyl groups is 1. The number of aliphatic hydroxyl groups excluding tert-OH is 1. The van der Waals surface area contributed by atoms with E-state index < -0.39 is 5.60 Å². The van der Waals surface area contributed by atoms with Gasteiger partial charge < -0.3 is 14.4 Å². The fourth-order valence-corrected chi connectivity index (χ4v) is 0.477. The first-order chi connectivity index (χ1) is 3.77. The van der Waals surface area contributed by atoms with Crippen molar-refractivity contribution in [3.63, 3.8) is 0 Å². The number of hydrogen-bond acceptors (Lipinski definition) is 3. The van der Waals surface area contributed by atoms with Gasteiger partial charge in [0.15, 0.2) is 0 Å². The Bertz CT molecular complexity index is 79.4. The molecule has 0 aliphatic carbocycles. The molecule has 1 aliphatic rings. The Balaban J connectivity index is 2.40.